The first-order chi connectivity index (χ1) is 13.2. The molecule has 3 fully saturated rings. The number of carbonyl (C=O) groups is 1. The van der Waals surface area contributed by atoms with Gasteiger partial charge in [-0.25, -0.2) is 4.79 Å². The second-order valence-electron chi connectivity index (χ2n) is 9.29. The summed E-state index contributed by atoms with van der Waals surface area (Å²) in [6.45, 7) is 4.57. The normalized spacial score (nSPS) is 37.4. The predicted octanol–water partition coefficient (Wildman–Crippen LogP) is 6.71. The van der Waals surface area contributed by atoms with Crippen LogP contribution in [-0.2, 0) is 9.53 Å². The molecule has 0 aromatic rings. The molecular weight excluding hydrogens is 332 g/mol. The van der Waals surface area contributed by atoms with Gasteiger partial charge in [-0.05, 0) is 113 Å². The van der Waals surface area contributed by atoms with Crippen molar-refractivity contribution in [2.24, 2.45) is 35.5 Å². The van der Waals surface area contributed by atoms with Crippen LogP contribution in [0.3, 0.4) is 0 Å². The molecule has 0 bridgehead atoms. The minimum Gasteiger partial charge on any atom is -0.463 e. The van der Waals surface area contributed by atoms with Gasteiger partial charge in [0.25, 0.3) is 0 Å². The Kier molecular flexibility index (Phi) is 8.03. The monoisotopic (exact) mass is 372 g/mol. The van der Waals surface area contributed by atoms with Gasteiger partial charge in [-0.15, -0.1) is 0 Å². The summed E-state index contributed by atoms with van der Waals surface area (Å²) in [5, 5.41) is 0. The van der Waals surface area contributed by atoms with Gasteiger partial charge in [0.15, 0.2) is 0 Å². The van der Waals surface area contributed by atoms with Gasteiger partial charge >= 0.3 is 5.97 Å². The zero-order valence-electron chi connectivity index (χ0n) is 17.6. The first-order valence-corrected chi connectivity index (χ1v) is 11.7. The molecule has 0 saturated heterocycles. The summed E-state index contributed by atoms with van der Waals surface area (Å²) in [6.07, 6.45) is 23.9. The average molecular weight is 373 g/mol. The molecular formula is C25H40O2. The van der Waals surface area contributed by atoms with Crippen LogP contribution in [0.2, 0.25) is 0 Å². The number of hydrogen-bond donors (Lipinski definition) is 0. The van der Waals surface area contributed by atoms with Gasteiger partial charge < -0.3 is 4.74 Å². The van der Waals surface area contributed by atoms with E-state index in [1.807, 2.05) is 6.92 Å². The summed E-state index contributed by atoms with van der Waals surface area (Å²) >= 11 is 0. The van der Waals surface area contributed by atoms with E-state index in [1.54, 1.807) is 6.08 Å². The number of rotatable bonds is 6. The predicted molar refractivity (Wildman–Crippen MR) is 112 cm³/mol. The summed E-state index contributed by atoms with van der Waals surface area (Å²) in [5.41, 5.74) is 0. The van der Waals surface area contributed by atoms with Crippen molar-refractivity contribution in [3.63, 3.8) is 0 Å². The smallest absolute Gasteiger partial charge is 0.330 e. The molecule has 0 aromatic heterocycles. The second-order valence-corrected chi connectivity index (χ2v) is 9.29. The molecule has 0 aliphatic heterocycles. The highest BCUT2D eigenvalue weighted by molar-refractivity contribution is 5.81. The zero-order valence-corrected chi connectivity index (χ0v) is 17.6. The van der Waals surface area contributed by atoms with Crippen molar-refractivity contribution in [2.75, 3.05) is 6.61 Å². The molecule has 0 heterocycles. The quantitative estimate of drug-likeness (QED) is 0.294. The van der Waals surface area contributed by atoms with Crippen molar-refractivity contribution in [1.29, 1.82) is 0 Å². The highest BCUT2D eigenvalue weighted by atomic mass is 16.5. The lowest BCUT2D eigenvalue weighted by Crippen LogP contribution is -2.34. The molecule has 3 saturated carbocycles. The maximum Gasteiger partial charge on any atom is 0.330 e. The van der Waals surface area contributed by atoms with Gasteiger partial charge in [-0.3, -0.25) is 0 Å². The molecule has 2 heteroatoms. The van der Waals surface area contributed by atoms with Crippen molar-refractivity contribution in [1.82, 2.24) is 0 Å². The van der Waals surface area contributed by atoms with E-state index in [0.29, 0.717) is 12.5 Å². The molecule has 3 rings (SSSR count). The molecule has 152 valence electrons. The van der Waals surface area contributed by atoms with Crippen LogP contribution >= 0.6 is 0 Å². The Morgan fingerprint density at radius 3 is 2.07 bits per heavy atom. The van der Waals surface area contributed by atoms with E-state index in [-0.39, 0.29) is 5.97 Å². The maximum atomic E-state index is 11.5. The number of hydrogen-bond acceptors (Lipinski definition) is 2. The molecule has 0 radical (unpaired) electrons. The highest BCUT2D eigenvalue weighted by Gasteiger charge is 2.38. The van der Waals surface area contributed by atoms with Gasteiger partial charge in [-0.1, -0.05) is 25.2 Å². The van der Waals surface area contributed by atoms with Gasteiger partial charge in [0.05, 0.1) is 6.61 Å². The van der Waals surface area contributed by atoms with Crippen molar-refractivity contribution in [3.05, 3.63) is 24.3 Å². The molecule has 4 atom stereocenters. The van der Waals surface area contributed by atoms with E-state index in [9.17, 15) is 4.79 Å². The van der Waals surface area contributed by atoms with Crippen molar-refractivity contribution >= 4 is 5.97 Å². The molecule has 0 amide bonds. The second kappa shape index (κ2) is 10.5. The molecule has 2 nitrogen and oxygen atoms in total. The van der Waals surface area contributed by atoms with Crippen molar-refractivity contribution < 1.29 is 9.53 Å². The Balaban J connectivity index is 1.42. The zero-order chi connectivity index (χ0) is 19.1. The SMILES string of the molecule is CC/C=C/C1CCC2CC(C3CCC(/C=C/C(=O)OCC)CC3)CCC2C1. The van der Waals surface area contributed by atoms with Gasteiger partial charge in [0, 0.05) is 6.08 Å². The third-order valence-corrected chi connectivity index (χ3v) is 7.61. The summed E-state index contributed by atoms with van der Waals surface area (Å²) in [7, 11) is 0. The number of carbonyl (C=O) groups excluding carboxylic acids is 1. The molecule has 0 N–H and O–H groups in total. The number of allylic oxidation sites excluding steroid dienone is 3. The van der Waals surface area contributed by atoms with Crippen LogP contribution in [0.4, 0.5) is 0 Å². The Bertz CT molecular complexity index is 512. The van der Waals surface area contributed by atoms with Crippen LogP contribution < -0.4 is 0 Å². The number of ether oxygens (including phenoxy) is 1. The van der Waals surface area contributed by atoms with E-state index in [2.05, 4.69) is 25.2 Å². The van der Waals surface area contributed by atoms with Crippen LogP contribution in [0.5, 0.6) is 0 Å². The minimum atomic E-state index is -0.178. The van der Waals surface area contributed by atoms with E-state index < -0.39 is 0 Å². The van der Waals surface area contributed by atoms with E-state index >= 15 is 0 Å². The fraction of sp³-hybridized carbons (Fsp3) is 0.800. The molecule has 27 heavy (non-hydrogen) atoms. The van der Waals surface area contributed by atoms with Gasteiger partial charge in [0.2, 0.25) is 0 Å². The van der Waals surface area contributed by atoms with Gasteiger partial charge in [-0.2, -0.15) is 0 Å². The third kappa shape index (κ3) is 5.96. The van der Waals surface area contributed by atoms with E-state index in [4.69, 9.17) is 4.74 Å². The van der Waals surface area contributed by atoms with Crippen molar-refractivity contribution in [3.8, 4) is 0 Å². The Labute approximate surface area is 166 Å². The first kappa shape index (κ1) is 20.7. The molecule has 4 unspecified atom stereocenters. The van der Waals surface area contributed by atoms with Crippen LogP contribution in [-0.4, -0.2) is 12.6 Å². The van der Waals surface area contributed by atoms with Crippen LogP contribution in [0.1, 0.15) is 84.5 Å². The highest BCUT2D eigenvalue weighted by Crippen LogP contribution is 2.49. The fourth-order valence-corrected chi connectivity index (χ4v) is 6.11. The van der Waals surface area contributed by atoms with E-state index in [0.717, 1.165) is 29.6 Å². The number of fused-ring (bicyclic) bond motifs is 1. The summed E-state index contributed by atoms with van der Waals surface area (Å²) < 4.78 is 5.00. The standard InChI is InChI=1S/C25H40O2/c1-3-5-6-20-9-13-24-18-23(15-14-22(24)17-20)21-11-7-19(8-12-21)10-16-25(26)27-4-2/h5-6,10,16,19-24H,3-4,7-9,11-15,17-18H2,1-2H3/b6-5+,16-10+. The summed E-state index contributed by atoms with van der Waals surface area (Å²) in [6, 6.07) is 0. The lowest BCUT2D eigenvalue weighted by atomic mass is 9.61. The van der Waals surface area contributed by atoms with Crippen LogP contribution in [0, 0.1) is 35.5 Å². The van der Waals surface area contributed by atoms with Crippen LogP contribution in [0.15, 0.2) is 24.3 Å². The van der Waals surface area contributed by atoms with Gasteiger partial charge in [0.1, 0.15) is 0 Å². The fourth-order valence-electron chi connectivity index (χ4n) is 6.11. The Morgan fingerprint density at radius 2 is 1.37 bits per heavy atom. The molecule has 0 aromatic carbocycles. The Morgan fingerprint density at radius 1 is 0.778 bits per heavy atom. The lowest BCUT2D eigenvalue weighted by Gasteiger charge is -2.45. The first-order valence-electron chi connectivity index (χ1n) is 11.7. The summed E-state index contributed by atoms with van der Waals surface area (Å²) in [5.74, 6) is 5.20. The lowest BCUT2D eigenvalue weighted by molar-refractivity contribution is -0.137. The molecule has 3 aliphatic rings. The molecule has 0 spiro atoms. The largest absolute Gasteiger partial charge is 0.463 e. The number of esters is 1. The maximum absolute atomic E-state index is 11.5. The van der Waals surface area contributed by atoms with Crippen molar-refractivity contribution in [2.45, 2.75) is 84.5 Å². The van der Waals surface area contributed by atoms with Crippen LogP contribution in [0.25, 0.3) is 0 Å². The minimum absolute atomic E-state index is 0.178. The third-order valence-electron chi connectivity index (χ3n) is 7.61. The Hall–Kier alpha value is -1.05. The topological polar surface area (TPSA) is 26.3 Å². The average Bonchev–Trinajstić information content (AvgIpc) is 2.71. The molecule has 3 aliphatic carbocycles. The summed E-state index contributed by atoms with van der Waals surface area (Å²) in [4.78, 5) is 11.5. The van der Waals surface area contributed by atoms with E-state index in [1.165, 1.54) is 70.6 Å².